The summed E-state index contributed by atoms with van der Waals surface area (Å²) in [5.41, 5.74) is 6.86. The summed E-state index contributed by atoms with van der Waals surface area (Å²) in [4.78, 5) is 14.3. The minimum absolute atomic E-state index is 0.0690. The smallest absolute Gasteiger partial charge is 0.298 e. The summed E-state index contributed by atoms with van der Waals surface area (Å²) in [7, 11) is 0. The lowest BCUT2D eigenvalue weighted by molar-refractivity contribution is 0.0428. The number of nitrogen functional groups attached to an aromatic ring is 1. The Morgan fingerprint density at radius 2 is 1.70 bits per heavy atom. The summed E-state index contributed by atoms with van der Waals surface area (Å²) >= 11 is 0. The number of rotatable bonds is 3. The number of hydrogen-bond donors (Lipinski definition) is 1. The van der Waals surface area contributed by atoms with Crippen molar-refractivity contribution >= 4 is 17.3 Å². The Kier molecular flexibility index (Phi) is 3.95. The second-order valence-corrected chi connectivity index (χ2v) is 6.65. The van der Waals surface area contributed by atoms with E-state index >= 15 is 0 Å². The Bertz CT molecular complexity index is 983. The third kappa shape index (κ3) is 2.75. The van der Waals surface area contributed by atoms with Crippen LogP contribution in [-0.4, -0.2) is 22.2 Å². The molecule has 1 aliphatic rings. The zero-order valence-electron chi connectivity index (χ0n) is 14.6. The average Bonchev–Trinajstić information content (AvgIpc) is 3.08. The van der Waals surface area contributed by atoms with Crippen molar-refractivity contribution in [2.75, 3.05) is 17.2 Å². The van der Waals surface area contributed by atoms with Crippen molar-refractivity contribution in [2.24, 2.45) is 0 Å². The molecule has 1 unspecified atom stereocenters. The lowest BCUT2D eigenvalue weighted by Gasteiger charge is -2.32. The normalized spacial score (nSPS) is 17.1. The molecule has 2 heterocycles. The maximum absolute atomic E-state index is 14.7. The molecule has 2 N–H and O–H groups in total. The number of fused-ring (bicyclic) bond motifs is 1. The van der Waals surface area contributed by atoms with Gasteiger partial charge in [0.05, 0.1) is 17.9 Å². The minimum atomic E-state index is -3.11. The molecule has 1 aromatic heterocycles. The number of halogens is 2. The first-order valence-electron chi connectivity index (χ1n) is 8.58. The summed E-state index contributed by atoms with van der Waals surface area (Å²) in [5.74, 6) is -3.40. The SMILES string of the molecule is CC1CN(c2ccc(C(F)(F)c3ccccc3)cc2)C(=O)c2c(N)cnn21. The molecule has 4 rings (SSSR count). The Labute approximate surface area is 155 Å². The van der Waals surface area contributed by atoms with Gasteiger partial charge in [-0.25, -0.2) is 0 Å². The molecule has 0 saturated heterocycles. The van der Waals surface area contributed by atoms with E-state index in [1.807, 2.05) is 6.92 Å². The van der Waals surface area contributed by atoms with Crippen LogP contribution in [0.3, 0.4) is 0 Å². The molecule has 0 radical (unpaired) electrons. The molecule has 27 heavy (non-hydrogen) atoms. The maximum atomic E-state index is 14.7. The van der Waals surface area contributed by atoms with Crippen molar-refractivity contribution in [1.29, 1.82) is 0 Å². The van der Waals surface area contributed by atoms with Gasteiger partial charge in [-0.2, -0.15) is 13.9 Å². The molecule has 1 amide bonds. The van der Waals surface area contributed by atoms with Gasteiger partial charge in [0.15, 0.2) is 0 Å². The van der Waals surface area contributed by atoms with Crippen LogP contribution >= 0.6 is 0 Å². The highest BCUT2D eigenvalue weighted by Gasteiger charge is 2.35. The molecule has 0 bridgehead atoms. The van der Waals surface area contributed by atoms with E-state index in [0.717, 1.165) is 0 Å². The predicted octanol–water partition coefficient (Wildman–Crippen LogP) is 3.83. The quantitative estimate of drug-likeness (QED) is 0.764. The number of anilines is 2. The van der Waals surface area contributed by atoms with Gasteiger partial charge in [0.2, 0.25) is 0 Å². The average molecular weight is 368 g/mol. The highest BCUT2D eigenvalue weighted by atomic mass is 19.3. The van der Waals surface area contributed by atoms with Crippen molar-refractivity contribution < 1.29 is 13.6 Å². The fourth-order valence-electron chi connectivity index (χ4n) is 3.37. The maximum Gasteiger partial charge on any atom is 0.298 e. The van der Waals surface area contributed by atoms with Crippen LogP contribution in [0.2, 0.25) is 0 Å². The number of hydrogen-bond acceptors (Lipinski definition) is 3. The van der Waals surface area contributed by atoms with E-state index in [2.05, 4.69) is 5.10 Å². The number of carbonyl (C=O) groups is 1. The van der Waals surface area contributed by atoms with Crippen molar-refractivity contribution in [3.8, 4) is 0 Å². The molecule has 3 aromatic rings. The monoisotopic (exact) mass is 368 g/mol. The molecule has 1 aliphatic heterocycles. The summed E-state index contributed by atoms with van der Waals surface area (Å²) in [6, 6.07) is 13.4. The minimum Gasteiger partial charge on any atom is -0.396 e. The number of carbonyl (C=O) groups excluding carboxylic acids is 1. The molecular formula is C20H18F2N4O. The van der Waals surface area contributed by atoms with Crippen molar-refractivity contribution in [3.63, 3.8) is 0 Å². The van der Waals surface area contributed by atoms with Crippen LogP contribution in [0.4, 0.5) is 20.2 Å². The third-order valence-electron chi connectivity index (χ3n) is 4.81. The highest BCUT2D eigenvalue weighted by molar-refractivity contribution is 6.08. The summed E-state index contributed by atoms with van der Waals surface area (Å²) in [6.07, 6.45) is 1.46. The standard InChI is InChI=1S/C20H18F2N4O/c1-13-12-25(19(27)18-17(23)11-24-26(13)18)16-9-7-15(8-10-16)20(21,22)14-5-3-2-4-6-14/h2-11,13H,12,23H2,1H3. The molecular weight excluding hydrogens is 350 g/mol. The second-order valence-electron chi connectivity index (χ2n) is 6.65. The van der Waals surface area contributed by atoms with Crippen molar-refractivity contribution in [2.45, 2.75) is 18.9 Å². The van der Waals surface area contributed by atoms with Gasteiger partial charge in [-0.3, -0.25) is 9.48 Å². The first kappa shape index (κ1) is 17.2. The van der Waals surface area contributed by atoms with Gasteiger partial charge in [0.25, 0.3) is 11.8 Å². The van der Waals surface area contributed by atoms with Crippen LogP contribution < -0.4 is 10.6 Å². The number of nitrogens with two attached hydrogens (primary N) is 1. The topological polar surface area (TPSA) is 64.2 Å². The first-order valence-corrected chi connectivity index (χ1v) is 8.58. The summed E-state index contributed by atoms with van der Waals surface area (Å²) in [5, 5.41) is 4.14. The molecule has 0 fully saturated rings. The van der Waals surface area contributed by atoms with E-state index < -0.39 is 5.92 Å². The van der Waals surface area contributed by atoms with Crippen LogP contribution in [0, 0.1) is 0 Å². The molecule has 0 aliphatic carbocycles. The Balaban J connectivity index is 1.65. The van der Waals surface area contributed by atoms with Crippen LogP contribution in [0.5, 0.6) is 0 Å². The largest absolute Gasteiger partial charge is 0.396 e. The highest BCUT2D eigenvalue weighted by Crippen LogP contribution is 2.37. The number of aromatic nitrogens is 2. The zero-order chi connectivity index (χ0) is 19.2. The van der Waals surface area contributed by atoms with Crippen molar-refractivity contribution in [1.82, 2.24) is 9.78 Å². The fraction of sp³-hybridized carbons (Fsp3) is 0.200. The number of nitrogens with zero attached hydrogens (tertiary/aromatic N) is 3. The Hall–Kier alpha value is -3.22. The van der Waals surface area contributed by atoms with E-state index in [-0.39, 0.29) is 23.1 Å². The summed E-state index contributed by atoms with van der Waals surface area (Å²) in [6.45, 7) is 2.31. The Morgan fingerprint density at radius 1 is 1.07 bits per heavy atom. The lowest BCUT2D eigenvalue weighted by atomic mass is 10.00. The van der Waals surface area contributed by atoms with Gasteiger partial charge in [0, 0.05) is 23.4 Å². The number of benzene rings is 2. The molecule has 7 heteroatoms. The number of amides is 1. The van der Waals surface area contributed by atoms with Gasteiger partial charge in [-0.05, 0) is 19.1 Å². The van der Waals surface area contributed by atoms with E-state index in [0.29, 0.717) is 23.6 Å². The Morgan fingerprint density at radius 3 is 2.37 bits per heavy atom. The molecule has 0 spiro atoms. The van der Waals surface area contributed by atoms with Crippen molar-refractivity contribution in [3.05, 3.63) is 77.6 Å². The molecule has 0 saturated carbocycles. The van der Waals surface area contributed by atoms with Gasteiger partial charge in [-0.1, -0.05) is 42.5 Å². The first-order chi connectivity index (χ1) is 12.9. The van der Waals surface area contributed by atoms with E-state index in [4.69, 9.17) is 5.73 Å². The van der Waals surface area contributed by atoms with Gasteiger partial charge in [0.1, 0.15) is 5.69 Å². The number of alkyl halides is 2. The van der Waals surface area contributed by atoms with Crippen LogP contribution in [0.25, 0.3) is 0 Å². The van der Waals surface area contributed by atoms with Crippen LogP contribution in [0.15, 0.2) is 60.8 Å². The van der Waals surface area contributed by atoms with Crippen LogP contribution in [0.1, 0.15) is 34.6 Å². The van der Waals surface area contributed by atoms with E-state index in [1.54, 1.807) is 39.9 Å². The van der Waals surface area contributed by atoms with Gasteiger partial charge < -0.3 is 10.6 Å². The third-order valence-corrected chi connectivity index (χ3v) is 4.81. The van der Waals surface area contributed by atoms with E-state index in [1.165, 1.54) is 30.5 Å². The van der Waals surface area contributed by atoms with E-state index in [9.17, 15) is 13.6 Å². The predicted molar refractivity (Wildman–Crippen MR) is 98.9 cm³/mol. The van der Waals surface area contributed by atoms with Crippen LogP contribution in [-0.2, 0) is 5.92 Å². The molecule has 138 valence electrons. The summed E-state index contributed by atoms with van der Waals surface area (Å²) < 4.78 is 31.0. The van der Waals surface area contributed by atoms with Gasteiger partial charge in [-0.15, -0.1) is 0 Å². The second kappa shape index (κ2) is 6.19. The van der Waals surface area contributed by atoms with Gasteiger partial charge >= 0.3 is 0 Å². The lowest BCUT2D eigenvalue weighted by Crippen LogP contribution is -2.42. The fourth-order valence-corrected chi connectivity index (χ4v) is 3.37. The molecule has 2 aromatic carbocycles. The zero-order valence-corrected chi connectivity index (χ0v) is 14.6. The molecule has 1 atom stereocenters. The molecule has 5 nitrogen and oxygen atoms in total.